The van der Waals surface area contributed by atoms with E-state index in [1.165, 1.54) is 0 Å². The van der Waals surface area contributed by atoms with Crippen LogP contribution in [0.3, 0.4) is 0 Å². The van der Waals surface area contributed by atoms with E-state index in [4.69, 9.17) is 16.9 Å². The number of alkyl halides is 5. The van der Waals surface area contributed by atoms with Crippen molar-refractivity contribution >= 4 is 29.1 Å². The lowest BCUT2D eigenvalue weighted by molar-refractivity contribution is -0.169. The molecule has 1 atom stereocenters. The number of anilines is 1. The number of nitriles is 1. The van der Waals surface area contributed by atoms with Crippen LogP contribution in [0.5, 0.6) is 0 Å². The Hall–Kier alpha value is -3.20. The number of hydrogen-bond acceptors (Lipinski definition) is 3. The molecule has 31 heavy (non-hydrogen) atoms. The maximum absolute atomic E-state index is 14.5. The molecule has 2 amide bonds. The van der Waals surface area contributed by atoms with Gasteiger partial charge in [-0.15, -0.1) is 0 Å². The van der Waals surface area contributed by atoms with Gasteiger partial charge < -0.3 is 15.2 Å². The van der Waals surface area contributed by atoms with Crippen LogP contribution in [0.4, 0.5) is 32.0 Å². The SMILES string of the molecule is CC(NC(=O)C(F)(F)c1cn(C)c(C(=O)Nc2ccc(F)c(C#N)c2)c1Cl)C(F)(F)F. The largest absolute Gasteiger partial charge is 0.408 e. The molecule has 0 aliphatic carbocycles. The van der Waals surface area contributed by atoms with Gasteiger partial charge in [-0.05, 0) is 25.1 Å². The molecule has 0 radical (unpaired) electrons. The summed E-state index contributed by atoms with van der Waals surface area (Å²) in [6.07, 6.45) is -4.32. The number of halogens is 7. The van der Waals surface area contributed by atoms with E-state index in [9.17, 15) is 35.9 Å². The van der Waals surface area contributed by atoms with Crippen LogP contribution in [-0.4, -0.2) is 28.6 Å². The molecule has 13 heteroatoms. The minimum Gasteiger partial charge on any atom is -0.345 e. The van der Waals surface area contributed by atoms with Crippen LogP contribution in [0.15, 0.2) is 24.4 Å². The summed E-state index contributed by atoms with van der Waals surface area (Å²) in [5.41, 5.74) is -2.18. The van der Waals surface area contributed by atoms with Crippen molar-refractivity contribution in [1.29, 1.82) is 5.26 Å². The fourth-order valence-corrected chi connectivity index (χ4v) is 2.83. The van der Waals surface area contributed by atoms with Gasteiger partial charge in [0.25, 0.3) is 11.8 Å². The van der Waals surface area contributed by atoms with Gasteiger partial charge in [-0.2, -0.15) is 27.2 Å². The van der Waals surface area contributed by atoms with Crippen LogP contribution >= 0.6 is 11.6 Å². The minimum absolute atomic E-state index is 0.0507. The second kappa shape index (κ2) is 8.50. The fourth-order valence-electron chi connectivity index (χ4n) is 2.45. The number of nitrogens with one attached hydrogen (secondary N) is 2. The molecule has 1 heterocycles. The van der Waals surface area contributed by atoms with Gasteiger partial charge in [0.05, 0.1) is 16.1 Å². The molecule has 0 saturated carbocycles. The Labute approximate surface area is 176 Å². The number of aryl methyl sites for hydroxylation is 1. The molecule has 1 unspecified atom stereocenters. The normalized spacial score (nSPS) is 12.8. The summed E-state index contributed by atoms with van der Waals surface area (Å²) in [6.45, 7) is 0.484. The number of hydrogen-bond donors (Lipinski definition) is 2. The van der Waals surface area contributed by atoms with Crippen LogP contribution in [0, 0.1) is 17.1 Å². The monoisotopic (exact) mass is 466 g/mol. The Morgan fingerprint density at radius 2 is 1.84 bits per heavy atom. The molecule has 0 fully saturated rings. The van der Waals surface area contributed by atoms with E-state index >= 15 is 0 Å². The van der Waals surface area contributed by atoms with Crippen molar-refractivity contribution in [3.8, 4) is 6.07 Å². The van der Waals surface area contributed by atoms with E-state index < -0.39 is 57.6 Å². The number of carbonyl (C=O) groups excluding carboxylic acids is 2. The predicted molar refractivity (Wildman–Crippen MR) is 97.0 cm³/mol. The average molecular weight is 467 g/mol. The number of nitrogens with zero attached hydrogens (tertiary/aromatic N) is 2. The van der Waals surface area contributed by atoms with E-state index in [0.29, 0.717) is 13.1 Å². The predicted octanol–water partition coefficient (Wildman–Crippen LogP) is 4.10. The van der Waals surface area contributed by atoms with E-state index in [-0.39, 0.29) is 5.69 Å². The number of rotatable bonds is 5. The zero-order chi connectivity index (χ0) is 23.7. The molecule has 6 nitrogen and oxygen atoms in total. The van der Waals surface area contributed by atoms with Gasteiger partial charge in [-0.3, -0.25) is 9.59 Å². The second-order valence-electron chi connectivity index (χ2n) is 6.39. The molecule has 0 saturated heterocycles. The maximum Gasteiger partial charge on any atom is 0.408 e. The van der Waals surface area contributed by atoms with Gasteiger partial charge in [-0.1, -0.05) is 11.6 Å². The smallest absolute Gasteiger partial charge is 0.345 e. The van der Waals surface area contributed by atoms with Gasteiger partial charge >= 0.3 is 12.1 Å². The van der Waals surface area contributed by atoms with E-state index in [1.807, 2.05) is 0 Å². The van der Waals surface area contributed by atoms with Gasteiger partial charge in [0, 0.05) is 18.9 Å². The standard InChI is InChI=1S/C18H13ClF6N4O2/c1-8(18(23,24)25)27-16(31)17(21,22)11-7-29(2)14(13(11)19)15(30)28-10-3-4-12(20)9(5-10)6-26/h3-5,7-8H,1-2H3,(H,27,31)(H,28,30). The van der Waals surface area contributed by atoms with Crippen molar-refractivity contribution < 1.29 is 35.9 Å². The Balaban J connectivity index is 2.33. The summed E-state index contributed by atoms with van der Waals surface area (Å²) in [5, 5.41) is 11.3. The van der Waals surface area contributed by atoms with Gasteiger partial charge in [-0.25, -0.2) is 4.39 Å². The first-order valence-corrected chi connectivity index (χ1v) is 8.69. The number of amides is 2. The van der Waals surface area contributed by atoms with Crippen molar-refractivity contribution in [3.63, 3.8) is 0 Å². The lowest BCUT2D eigenvalue weighted by atomic mass is 10.1. The average Bonchev–Trinajstić information content (AvgIpc) is 2.97. The third-order valence-electron chi connectivity index (χ3n) is 4.14. The Morgan fingerprint density at radius 3 is 2.39 bits per heavy atom. The third kappa shape index (κ3) is 4.93. The number of benzene rings is 1. The molecule has 2 rings (SSSR count). The molecular formula is C18H13ClF6N4O2. The molecule has 0 bridgehead atoms. The summed E-state index contributed by atoms with van der Waals surface area (Å²) in [5.74, 6) is -8.64. The molecule has 0 aliphatic rings. The van der Waals surface area contributed by atoms with Crippen molar-refractivity contribution in [1.82, 2.24) is 9.88 Å². The van der Waals surface area contributed by atoms with Crippen LogP contribution < -0.4 is 10.6 Å². The summed E-state index contributed by atoms with van der Waals surface area (Å²) in [7, 11) is 1.14. The van der Waals surface area contributed by atoms with Crippen molar-refractivity contribution in [2.24, 2.45) is 7.05 Å². The van der Waals surface area contributed by atoms with Crippen molar-refractivity contribution in [2.75, 3.05) is 5.32 Å². The van der Waals surface area contributed by atoms with Gasteiger partial charge in [0.2, 0.25) is 0 Å². The third-order valence-corrected chi connectivity index (χ3v) is 4.52. The molecule has 1 aromatic carbocycles. The van der Waals surface area contributed by atoms with Gasteiger partial charge in [0.15, 0.2) is 0 Å². The lowest BCUT2D eigenvalue weighted by Gasteiger charge is -2.21. The molecule has 166 valence electrons. The van der Waals surface area contributed by atoms with E-state index in [0.717, 1.165) is 35.1 Å². The molecule has 0 aliphatic heterocycles. The number of aromatic nitrogens is 1. The van der Waals surface area contributed by atoms with Crippen molar-refractivity contribution in [2.45, 2.75) is 25.1 Å². The summed E-state index contributed by atoms with van der Waals surface area (Å²) >= 11 is 5.85. The highest BCUT2D eigenvalue weighted by molar-refractivity contribution is 6.35. The topological polar surface area (TPSA) is 86.9 Å². The first-order valence-electron chi connectivity index (χ1n) is 8.32. The Morgan fingerprint density at radius 1 is 1.23 bits per heavy atom. The minimum atomic E-state index is -4.95. The van der Waals surface area contributed by atoms with Crippen LogP contribution in [0.2, 0.25) is 5.02 Å². The summed E-state index contributed by atoms with van der Waals surface area (Å²) in [6, 6.07) is 1.99. The molecule has 2 N–H and O–H groups in total. The van der Waals surface area contributed by atoms with E-state index in [1.54, 1.807) is 6.07 Å². The Kier molecular flexibility index (Phi) is 6.60. The molecule has 1 aromatic heterocycles. The van der Waals surface area contributed by atoms with Crippen molar-refractivity contribution in [3.05, 3.63) is 52.1 Å². The fraction of sp³-hybridized carbons (Fsp3) is 0.278. The number of carbonyl (C=O) groups is 2. The highest BCUT2D eigenvalue weighted by Gasteiger charge is 2.48. The van der Waals surface area contributed by atoms with E-state index in [2.05, 4.69) is 5.32 Å². The lowest BCUT2D eigenvalue weighted by Crippen LogP contribution is -2.48. The summed E-state index contributed by atoms with van der Waals surface area (Å²) in [4.78, 5) is 24.2. The zero-order valence-electron chi connectivity index (χ0n) is 15.7. The second-order valence-corrected chi connectivity index (χ2v) is 6.77. The molecule has 0 spiro atoms. The van der Waals surface area contributed by atoms with Crippen LogP contribution in [0.25, 0.3) is 0 Å². The van der Waals surface area contributed by atoms with Crippen LogP contribution in [0.1, 0.15) is 28.5 Å². The highest BCUT2D eigenvalue weighted by atomic mass is 35.5. The maximum atomic E-state index is 14.5. The molecule has 2 aromatic rings. The highest BCUT2D eigenvalue weighted by Crippen LogP contribution is 2.37. The van der Waals surface area contributed by atoms with Crippen LogP contribution in [-0.2, 0) is 17.8 Å². The zero-order valence-corrected chi connectivity index (χ0v) is 16.5. The van der Waals surface area contributed by atoms with Gasteiger partial charge in [0.1, 0.15) is 23.6 Å². The Bertz CT molecular complexity index is 1070. The first-order chi connectivity index (χ1) is 14.2. The summed E-state index contributed by atoms with van der Waals surface area (Å²) < 4.78 is 80.9. The quantitative estimate of drug-likeness (QED) is 0.650. The molecular weight excluding hydrogens is 454 g/mol. The first kappa shape index (κ1) is 24.1.